The molecule has 2 aromatic rings. The summed E-state index contributed by atoms with van der Waals surface area (Å²) in [5.74, 6) is -1.90. The van der Waals surface area contributed by atoms with Gasteiger partial charge in [0.25, 0.3) is 0 Å². The molecule has 180 valence electrons. The molecule has 1 amide bonds. The van der Waals surface area contributed by atoms with Gasteiger partial charge in [-0.2, -0.15) is 9.03 Å². The fourth-order valence-electron chi connectivity index (χ4n) is 3.62. The summed E-state index contributed by atoms with van der Waals surface area (Å²) in [5, 5.41) is 0. The molecular weight excluding hydrogens is 469 g/mol. The zero-order valence-corrected chi connectivity index (χ0v) is 20.1. The van der Waals surface area contributed by atoms with E-state index in [1.165, 1.54) is 21.3 Å². The van der Waals surface area contributed by atoms with Crippen LogP contribution >= 0.6 is 0 Å². The summed E-state index contributed by atoms with van der Waals surface area (Å²) < 4.78 is 68.6. The zero-order chi connectivity index (χ0) is 24.2. The summed E-state index contributed by atoms with van der Waals surface area (Å²) in [5.41, 5.74) is 0.679. The first kappa shape index (κ1) is 25.3. The van der Waals surface area contributed by atoms with E-state index < -0.39 is 48.6 Å². The molecule has 0 bridgehead atoms. The molecule has 3 rings (SSSR count). The van der Waals surface area contributed by atoms with E-state index >= 15 is 0 Å². The lowest BCUT2D eigenvalue weighted by molar-refractivity contribution is -0.135. The number of sulfonamides is 2. The van der Waals surface area contributed by atoms with Gasteiger partial charge in [0.1, 0.15) is 16.8 Å². The monoisotopic (exact) mass is 497 g/mol. The lowest BCUT2D eigenvalue weighted by atomic mass is 10.0. The Morgan fingerprint density at radius 1 is 0.939 bits per heavy atom. The van der Waals surface area contributed by atoms with Crippen molar-refractivity contribution in [1.82, 2.24) is 13.9 Å². The Kier molecular flexibility index (Phi) is 7.88. The minimum absolute atomic E-state index is 0.117. The first-order valence-electron chi connectivity index (χ1n) is 10.6. The molecule has 2 aromatic carbocycles. The number of carbonyl (C=O) groups is 1. The van der Waals surface area contributed by atoms with Crippen molar-refractivity contribution < 1.29 is 26.0 Å². The highest BCUT2D eigenvalue weighted by Crippen LogP contribution is 2.18. The first-order chi connectivity index (χ1) is 15.5. The van der Waals surface area contributed by atoms with Crippen LogP contribution in [0.4, 0.5) is 4.39 Å². The van der Waals surface area contributed by atoms with Gasteiger partial charge in [-0.1, -0.05) is 56.3 Å². The van der Waals surface area contributed by atoms with Crippen LogP contribution in [-0.2, 0) is 30.6 Å². The standard InChI is InChI=1S/C22H28FN3O5S2/c1-17(2)21(24-33(30,31)20-11-7-6-10-19(20)23)22(27)25-12-14-26(15-13-25)32(28,29)16-18-8-4-3-5-9-18/h3-11,17,21,24H,12-16H2,1-2H3/t21-/m0/s1. The molecule has 1 N–H and O–H groups in total. The third kappa shape index (κ3) is 6.17. The first-order valence-corrected chi connectivity index (χ1v) is 13.7. The van der Waals surface area contributed by atoms with Crippen molar-refractivity contribution in [2.75, 3.05) is 26.2 Å². The van der Waals surface area contributed by atoms with Crippen molar-refractivity contribution in [3.8, 4) is 0 Å². The van der Waals surface area contributed by atoms with E-state index in [9.17, 15) is 26.0 Å². The fourth-order valence-corrected chi connectivity index (χ4v) is 6.56. The maximum absolute atomic E-state index is 14.0. The molecule has 1 saturated heterocycles. The molecular formula is C22H28FN3O5S2. The number of hydrogen-bond donors (Lipinski definition) is 1. The van der Waals surface area contributed by atoms with Gasteiger partial charge in [0.2, 0.25) is 26.0 Å². The summed E-state index contributed by atoms with van der Waals surface area (Å²) in [6.45, 7) is 3.88. The Morgan fingerprint density at radius 3 is 2.09 bits per heavy atom. The Bertz CT molecular complexity index is 1180. The van der Waals surface area contributed by atoms with Gasteiger partial charge in [-0.25, -0.2) is 21.2 Å². The fraction of sp³-hybridized carbons (Fsp3) is 0.409. The number of piperazine rings is 1. The second-order valence-electron chi connectivity index (χ2n) is 8.24. The summed E-state index contributed by atoms with van der Waals surface area (Å²) in [4.78, 5) is 14.0. The molecule has 33 heavy (non-hydrogen) atoms. The van der Waals surface area contributed by atoms with Crippen molar-refractivity contribution in [2.24, 2.45) is 5.92 Å². The number of benzene rings is 2. The molecule has 1 aliphatic rings. The molecule has 0 unspecified atom stereocenters. The van der Waals surface area contributed by atoms with Crippen LogP contribution in [0, 0.1) is 11.7 Å². The van der Waals surface area contributed by atoms with Crippen LogP contribution in [0.5, 0.6) is 0 Å². The largest absolute Gasteiger partial charge is 0.339 e. The van der Waals surface area contributed by atoms with Gasteiger partial charge in [0.15, 0.2) is 0 Å². The average Bonchev–Trinajstić information content (AvgIpc) is 2.77. The summed E-state index contributed by atoms with van der Waals surface area (Å²) in [6, 6.07) is 12.7. The van der Waals surface area contributed by atoms with Crippen LogP contribution in [0.3, 0.4) is 0 Å². The average molecular weight is 498 g/mol. The summed E-state index contributed by atoms with van der Waals surface area (Å²) in [7, 11) is -7.82. The van der Waals surface area contributed by atoms with Crippen LogP contribution in [-0.4, -0.2) is 64.2 Å². The maximum Gasteiger partial charge on any atom is 0.244 e. The number of amides is 1. The van der Waals surface area contributed by atoms with Crippen molar-refractivity contribution in [2.45, 2.75) is 30.5 Å². The minimum Gasteiger partial charge on any atom is -0.339 e. The predicted molar refractivity (Wildman–Crippen MR) is 123 cm³/mol. The van der Waals surface area contributed by atoms with E-state index in [1.807, 2.05) is 6.07 Å². The Labute approximate surface area is 194 Å². The molecule has 1 heterocycles. The highest BCUT2D eigenvalue weighted by molar-refractivity contribution is 7.89. The van der Waals surface area contributed by atoms with Crippen LogP contribution in [0.15, 0.2) is 59.5 Å². The van der Waals surface area contributed by atoms with Gasteiger partial charge in [0, 0.05) is 26.2 Å². The molecule has 8 nitrogen and oxygen atoms in total. The molecule has 11 heteroatoms. The van der Waals surface area contributed by atoms with Gasteiger partial charge in [-0.15, -0.1) is 0 Å². The van der Waals surface area contributed by atoms with Crippen LogP contribution in [0.1, 0.15) is 19.4 Å². The van der Waals surface area contributed by atoms with Gasteiger partial charge >= 0.3 is 0 Å². The van der Waals surface area contributed by atoms with E-state index in [0.717, 1.165) is 12.1 Å². The van der Waals surface area contributed by atoms with Crippen LogP contribution in [0.25, 0.3) is 0 Å². The second kappa shape index (κ2) is 10.3. The summed E-state index contributed by atoms with van der Waals surface area (Å²) >= 11 is 0. The van der Waals surface area contributed by atoms with Crippen LogP contribution in [0.2, 0.25) is 0 Å². The molecule has 0 saturated carbocycles. The molecule has 0 spiro atoms. The maximum atomic E-state index is 14.0. The van der Waals surface area contributed by atoms with E-state index in [0.29, 0.717) is 5.56 Å². The van der Waals surface area contributed by atoms with E-state index in [2.05, 4.69) is 4.72 Å². The van der Waals surface area contributed by atoms with Crippen molar-refractivity contribution in [3.05, 3.63) is 66.0 Å². The van der Waals surface area contributed by atoms with Gasteiger partial charge in [0.05, 0.1) is 5.75 Å². The molecule has 0 radical (unpaired) electrons. The Balaban J connectivity index is 1.67. The number of hydrogen-bond acceptors (Lipinski definition) is 5. The predicted octanol–water partition coefficient (Wildman–Crippen LogP) is 1.80. The smallest absolute Gasteiger partial charge is 0.244 e. The molecule has 1 aliphatic heterocycles. The normalized spacial score (nSPS) is 16.7. The third-order valence-electron chi connectivity index (χ3n) is 5.48. The molecule has 1 atom stereocenters. The van der Waals surface area contributed by atoms with Crippen molar-refractivity contribution in [1.29, 1.82) is 0 Å². The van der Waals surface area contributed by atoms with E-state index in [4.69, 9.17) is 0 Å². The highest BCUT2D eigenvalue weighted by Gasteiger charge is 2.35. The summed E-state index contributed by atoms with van der Waals surface area (Å²) in [6.07, 6.45) is 0. The van der Waals surface area contributed by atoms with E-state index in [-0.39, 0.29) is 31.9 Å². The van der Waals surface area contributed by atoms with Crippen molar-refractivity contribution >= 4 is 26.0 Å². The minimum atomic E-state index is -4.27. The second-order valence-corrected chi connectivity index (χ2v) is 11.9. The number of rotatable bonds is 8. The topological polar surface area (TPSA) is 104 Å². The zero-order valence-electron chi connectivity index (χ0n) is 18.5. The Hall–Kier alpha value is -2.34. The lowest BCUT2D eigenvalue weighted by Crippen LogP contribution is -2.57. The number of nitrogens with one attached hydrogen (secondary N) is 1. The lowest BCUT2D eigenvalue weighted by Gasteiger charge is -2.36. The van der Waals surface area contributed by atoms with Crippen LogP contribution < -0.4 is 4.72 Å². The SMILES string of the molecule is CC(C)[C@H](NS(=O)(=O)c1ccccc1F)C(=O)N1CCN(S(=O)(=O)Cc2ccccc2)CC1. The van der Waals surface area contributed by atoms with E-state index in [1.54, 1.807) is 38.1 Å². The molecule has 1 fully saturated rings. The number of halogens is 1. The quantitative estimate of drug-likeness (QED) is 0.599. The molecule has 0 aromatic heterocycles. The Morgan fingerprint density at radius 2 is 1.52 bits per heavy atom. The van der Waals surface area contributed by atoms with Gasteiger partial charge in [-0.05, 0) is 23.6 Å². The van der Waals surface area contributed by atoms with Gasteiger partial charge in [-0.3, -0.25) is 4.79 Å². The number of nitrogens with zero attached hydrogens (tertiary/aromatic N) is 2. The van der Waals surface area contributed by atoms with Crippen molar-refractivity contribution in [3.63, 3.8) is 0 Å². The number of carbonyl (C=O) groups excluding carboxylic acids is 1. The van der Waals surface area contributed by atoms with Gasteiger partial charge < -0.3 is 4.90 Å². The molecule has 0 aliphatic carbocycles. The third-order valence-corrected chi connectivity index (χ3v) is 8.80. The highest BCUT2D eigenvalue weighted by atomic mass is 32.2.